The van der Waals surface area contributed by atoms with Crippen LogP contribution in [-0.2, 0) is 14.4 Å². The molecule has 1 amide bonds. The van der Waals surface area contributed by atoms with Gasteiger partial charge in [0.1, 0.15) is 0 Å². The van der Waals surface area contributed by atoms with Crippen molar-refractivity contribution in [1.82, 2.24) is 4.90 Å². The second-order valence-corrected chi connectivity index (χ2v) is 6.07. The smallest absolute Gasteiger partial charge is 0.263 e. The number of carbonyl (C=O) groups is 1. The Morgan fingerprint density at radius 2 is 2.09 bits per heavy atom. The highest BCUT2D eigenvalue weighted by atomic mass is 35.5. The van der Waals surface area contributed by atoms with Crippen LogP contribution in [0.5, 0.6) is 0 Å². The molecule has 2 rings (SSSR count). The Hall–Kier alpha value is -1.30. The maximum Gasteiger partial charge on any atom is 0.263 e. The van der Waals surface area contributed by atoms with Crippen molar-refractivity contribution in [3.8, 4) is 0 Å². The molecule has 0 bridgehead atoms. The minimum Gasteiger partial charge on any atom is -0.386 e. The second kappa shape index (κ2) is 7.81. The third-order valence-electron chi connectivity index (χ3n) is 3.19. The zero-order valence-corrected chi connectivity index (χ0v) is 14.0. The summed E-state index contributed by atoms with van der Waals surface area (Å²) in [6.45, 7) is 4.91. The van der Waals surface area contributed by atoms with Gasteiger partial charge in [-0.25, -0.2) is 0 Å². The largest absolute Gasteiger partial charge is 0.386 e. The average molecular weight is 345 g/mol. The summed E-state index contributed by atoms with van der Waals surface area (Å²) in [5.41, 5.74) is 0.673. The highest BCUT2D eigenvalue weighted by Crippen LogP contribution is 2.19. The lowest BCUT2D eigenvalue weighted by Crippen LogP contribution is -2.49. The first-order chi connectivity index (χ1) is 10.5. The van der Waals surface area contributed by atoms with Gasteiger partial charge in [-0.15, -0.1) is 0 Å². The monoisotopic (exact) mass is 344 g/mol. The SMILES string of the molecule is C[C@@H]1CN(C(=O)CO/N=C\c2ccc(Cl)cc2Cl)C[C@H](C)O1. The Morgan fingerprint density at radius 3 is 2.73 bits per heavy atom. The number of hydrogen-bond acceptors (Lipinski definition) is 4. The number of benzene rings is 1. The van der Waals surface area contributed by atoms with E-state index in [1.54, 1.807) is 23.1 Å². The van der Waals surface area contributed by atoms with Crippen LogP contribution in [0.25, 0.3) is 0 Å². The van der Waals surface area contributed by atoms with Crippen LogP contribution in [0.1, 0.15) is 19.4 Å². The van der Waals surface area contributed by atoms with E-state index in [0.29, 0.717) is 28.7 Å². The number of halogens is 2. The normalized spacial score (nSPS) is 22.1. The lowest BCUT2D eigenvalue weighted by atomic mass is 10.2. The first kappa shape index (κ1) is 17.1. The molecule has 0 saturated carbocycles. The van der Waals surface area contributed by atoms with Crippen molar-refractivity contribution in [3.63, 3.8) is 0 Å². The van der Waals surface area contributed by atoms with Crippen molar-refractivity contribution >= 4 is 35.3 Å². The number of oxime groups is 1. The summed E-state index contributed by atoms with van der Waals surface area (Å²) in [7, 11) is 0. The zero-order chi connectivity index (χ0) is 16.1. The molecule has 0 spiro atoms. The van der Waals surface area contributed by atoms with E-state index in [9.17, 15) is 4.79 Å². The summed E-state index contributed by atoms with van der Waals surface area (Å²) in [5, 5.41) is 4.80. The van der Waals surface area contributed by atoms with Crippen molar-refractivity contribution < 1.29 is 14.4 Å². The number of hydrogen-bond donors (Lipinski definition) is 0. The van der Waals surface area contributed by atoms with E-state index in [1.165, 1.54) is 6.21 Å². The third-order valence-corrected chi connectivity index (χ3v) is 3.75. The first-order valence-electron chi connectivity index (χ1n) is 6.99. The summed E-state index contributed by atoms with van der Waals surface area (Å²) in [6.07, 6.45) is 1.52. The number of rotatable bonds is 4. The Labute approximate surface area is 139 Å². The molecular formula is C15H18Cl2N2O3. The van der Waals surface area contributed by atoms with E-state index in [4.69, 9.17) is 32.8 Å². The van der Waals surface area contributed by atoms with Crippen LogP contribution >= 0.6 is 23.2 Å². The van der Waals surface area contributed by atoms with Crippen LogP contribution in [0.3, 0.4) is 0 Å². The summed E-state index contributed by atoms with van der Waals surface area (Å²) in [6, 6.07) is 5.05. The van der Waals surface area contributed by atoms with Crippen molar-refractivity contribution in [2.75, 3.05) is 19.7 Å². The lowest BCUT2D eigenvalue weighted by Gasteiger charge is -2.34. The summed E-state index contributed by atoms with van der Waals surface area (Å²) in [5.74, 6) is -0.110. The number of amides is 1. The number of carbonyl (C=O) groups excluding carboxylic acids is 1. The van der Waals surface area contributed by atoms with Crippen LogP contribution in [0.15, 0.2) is 23.4 Å². The molecule has 1 aliphatic heterocycles. The minimum atomic E-state index is -0.110. The number of nitrogens with zero attached hydrogens (tertiary/aromatic N) is 2. The molecule has 0 aliphatic carbocycles. The van der Waals surface area contributed by atoms with Gasteiger partial charge >= 0.3 is 0 Å². The Morgan fingerprint density at radius 1 is 1.41 bits per heavy atom. The highest BCUT2D eigenvalue weighted by molar-refractivity contribution is 6.36. The van der Waals surface area contributed by atoms with Crippen molar-refractivity contribution in [2.24, 2.45) is 5.16 Å². The van der Waals surface area contributed by atoms with Gasteiger partial charge < -0.3 is 14.5 Å². The average Bonchev–Trinajstić information content (AvgIpc) is 2.44. The first-order valence-corrected chi connectivity index (χ1v) is 7.75. The lowest BCUT2D eigenvalue weighted by molar-refractivity contribution is -0.147. The standard InChI is InChI=1S/C15H18Cl2N2O3/c1-10-7-19(8-11(2)22-10)15(20)9-21-18-6-12-3-4-13(16)5-14(12)17/h3-6,10-11H,7-9H2,1-2H3/b18-6-/t10-,11+. The van der Waals surface area contributed by atoms with Gasteiger partial charge in [0, 0.05) is 23.7 Å². The quantitative estimate of drug-likeness (QED) is 0.623. The van der Waals surface area contributed by atoms with E-state index >= 15 is 0 Å². The number of morpholine rings is 1. The van der Waals surface area contributed by atoms with Crippen LogP contribution in [0.2, 0.25) is 10.0 Å². The molecule has 0 N–H and O–H groups in total. The van der Waals surface area contributed by atoms with Gasteiger partial charge in [0.2, 0.25) is 0 Å². The van der Waals surface area contributed by atoms with Gasteiger partial charge in [0.25, 0.3) is 5.91 Å². The molecule has 22 heavy (non-hydrogen) atoms. The van der Waals surface area contributed by atoms with Crippen LogP contribution in [0.4, 0.5) is 0 Å². The predicted molar refractivity (Wildman–Crippen MR) is 86.6 cm³/mol. The molecule has 0 radical (unpaired) electrons. The molecular weight excluding hydrogens is 327 g/mol. The zero-order valence-electron chi connectivity index (χ0n) is 12.5. The van der Waals surface area contributed by atoms with Crippen molar-refractivity contribution in [2.45, 2.75) is 26.1 Å². The van der Waals surface area contributed by atoms with Crippen LogP contribution < -0.4 is 0 Å². The molecule has 1 aliphatic rings. The summed E-state index contributed by atoms with van der Waals surface area (Å²) in [4.78, 5) is 18.8. The molecule has 1 aromatic rings. The van der Waals surface area contributed by atoms with E-state index in [1.807, 2.05) is 13.8 Å². The summed E-state index contributed by atoms with van der Waals surface area (Å²) >= 11 is 11.8. The Bertz CT molecular complexity index is 556. The van der Waals surface area contributed by atoms with Gasteiger partial charge in [0.05, 0.1) is 23.4 Å². The molecule has 0 unspecified atom stereocenters. The van der Waals surface area contributed by atoms with E-state index in [-0.39, 0.29) is 24.7 Å². The molecule has 2 atom stereocenters. The van der Waals surface area contributed by atoms with Gasteiger partial charge in [-0.05, 0) is 26.0 Å². The van der Waals surface area contributed by atoms with Crippen LogP contribution in [0, 0.1) is 0 Å². The number of ether oxygens (including phenoxy) is 1. The Balaban J connectivity index is 1.82. The van der Waals surface area contributed by atoms with Gasteiger partial charge in [-0.1, -0.05) is 34.4 Å². The minimum absolute atomic E-state index is 0.0316. The molecule has 1 heterocycles. The van der Waals surface area contributed by atoms with E-state index < -0.39 is 0 Å². The topological polar surface area (TPSA) is 51.1 Å². The Kier molecular flexibility index (Phi) is 6.06. The molecule has 120 valence electrons. The van der Waals surface area contributed by atoms with Gasteiger partial charge in [-0.3, -0.25) is 4.79 Å². The molecule has 1 fully saturated rings. The third kappa shape index (κ3) is 4.87. The van der Waals surface area contributed by atoms with Crippen LogP contribution in [-0.4, -0.2) is 48.9 Å². The highest BCUT2D eigenvalue weighted by Gasteiger charge is 2.25. The maximum atomic E-state index is 12.0. The fourth-order valence-electron chi connectivity index (χ4n) is 2.27. The molecule has 7 heteroatoms. The fraction of sp³-hybridized carbons (Fsp3) is 0.467. The summed E-state index contributed by atoms with van der Waals surface area (Å²) < 4.78 is 5.58. The van der Waals surface area contributed by atoms with E-state index in [2.05, 4.69) is 5.16 Å². The fourth-order valence-corrected chi connectivity index (χ4v) is 2.72. The molecule has 5 nitrogen and oxygen atoms in total. The molecule has 1 saturated heterocycles. The molecule has 1 aromatic carbocycles. The second-order valence-electron chi connectivity index (χ2n) is 5.23. The van der Waals surface area contributed by atoms with Crippen molar-refractivity contribution in [3.05, 3.63) is 33.8 Å². The van der Waals surface area contributed by atoms with Gasteiger partial charge in [-0.2, -0.15) is 0 Å². The van der Waals surface area contributed by atoms with E-state index in [0.717, 1.165) is 0 Å². The molecule has 0 aromatic heterocycles. The maximum absolute atomic E-state index is 12.0. The van der Waals surface area contributed by atoms with Crippen molar-refractivity contribution in [1.29, 1.82) is 0 Å². The van der Waals surface area contributed by atoms with Gasteiger partial charge in [0.15, 0.2) is 6.61 Å². The predicted octanol–water partition coefficient (Wildman–Crippen LogP) is 2.98.